The lowest BCUT2D eigenvalue weighted by Crippen LogP contribution is -2.42. The number of rotatable bonds is 4. The molecule has 144 valence electrons. The lowest BCUT2D eigenvalue weighted by Gasteiger charge is -2.28. The van der Waals surface area contributed by atoms with Gasteiger partial charge in [0.2, 0.25) is 0 Å². The molecular weight excluding hydrogens is 344 g/mol. The Morgan fingerprint density at radius 3 is 2.85 bits per heavy atom. The minimum atomic E-state index is -0.532. The Morgan fingerprint density at radius 1 is 1.41 bits per heavy atom. The number of aliphatic hydroxyl groups is 1. The van der Waals surface area contributed by atoms with Crippen molar-refractivity contribution in [3.63, 3.8) is 0 Å². The summed E-state index contributed by atoms with van der Waals surface area (Å²) in [7, 11) is 0. The van der Waals surface area contributed by atoms with Gasteiger partial charge in [-0.2, -0.15) is 5.26 Å². The van der Waals surface area contributed by atoms with E-state index in [0.29, 0.717) is 30.9 Å². The third kappa shape index (κ3) is 4.25. The molecule has 0 aromatic heterocycles. The second-order valence-electron chi connectivity index (χ2n) is 8.04. The SMILES string of the molecule is CC(C)(C)OC(=O)N1CCCC1COc1ccc2c(c1C#N)C=C(CO)C2. The molecule has 27 heavy (non-hydrogen) atoms. The van der Waals surface area contributed by atoms with Crippen LogP contribution < -0.4 is 4.74 Å². The van der Waals surface area contributed by atoms with Crippen LogP contribution in [0.1, 0.15) is 50.3 Å². The Labute approximate surface area is 160 Å². The Balaban J connectivity index is 1.71. The molecule has 1 fully saturated rings. The fraction of sp³-hybridized carbons (Fsp3) is 0.524. The third-order valence-electron chi connectivity index (χ3n) is 4.81. The molecule has 1 heterocycles. The largest absolute Gasteiger partial charge is 0.490 e. The highest BCUT2D eigenvalue weighted by Gasteiger charge is 2.33. The van der Waals surface area contributed by atoms with E-state index in [1.807, 2.05) is 32.9 Å². The molecule has 0 radical (unpaired) electrons. The lowest BCUT2D eigenvalue weighted by molar-refractivity contribution is 0.0187. The van der Waals surface area contributed by atoms with E-state index in [1.54, 1.807) is 11.0 Å². The summed E-state index contributed by atoms with van der Waals surface area (Å²) in [6.07, 6.45) is 3.96. The standard InChI is InChI=1S/C21H26N2O4/c1-21(2,3)27-20(25)23-8-4-5-16(23)13-26-19-7-6-15-9-14(12-24)10-17(15)18(19)11-22/h6-7,10,16,24H,4-5,8-9,12-13H2,1-3H3. The van der Waals surface area contributed by atoms with Crippen molar-refractivity contribution < 1.29 is 19.4 Å². The van der Waals surface area contributed by atoms with Gasteiger partial charge in [0.15, 0.2) is 0 Å². The molecule has 1 aliphatic carbocycles. The fourth-order valence-corrected chi connectivity index (χ4v) is 3.55. The first-order valence-electron chi connectivity index (χ1n) is 9.31. The smallest absolute Gasteiger partial charge is 0.410 e. The van der Waals surface area contributed by atoms with Crippen molar-refractivity contribution in [1.29, 1.82) is 5.26 Å². The van der Waals surface area contributed by atoms with Crippen LogP contribution in [-0.2, 0) is 11.2 Å². The highest BCUT2D eigenvalue weighted by atomic mass is 16.6. The maximum Gasteiger partial charge on any atom is 0.410 e. The van der Waals surface area contributed by atoms with Gasteiger partial charge in [0.05, 0.1) is 12.6 Å². The van der Waals surface area contributed by atoms with Gasteiger partial charge < -0.3 is 19.5 Å². The van der Waals surface area contributed by atoms with E-state index in [2.05, 4.69) is 6.07 Å². The molecule has 1 atom stereocenters. The van der Waals surface area contributed by atoms with E-state index >= 15 is 0 Å². The van der Waals surface area contributed by atoms with Crippen molar-refractivity contribution in [2.45, 2.75) is 51.7 Å². The van der Waals surface area contributed by atoms with Crippen LogP contribution in [0.5, 0.6) is 5.75 Å². The first-order valence-corrected chi connectivity index (χ1v) is 9.31. The molecule has 3 rings (SSSR count). The average molecular weight is 370 g/mol. The average Bonchev–Trinajstić information content (AvgIpc) is 3.24. The molecule has 1 aromatic rings. The van der Waals surface area contributed by atoms with E-state index in [4.69, 9.17) is 9.47 Å². The molecule has 6 heteroatoms. The van der Waals surface area contributed by atoms with Gasteiger partial charge in [-0.25, -0.2) is 4.79 Å². The van der Waals surface area contributed by atoms with Gasteiger partial charge in [0.25, 0.3) is 0 Å². The number of nitriles is 1. The number of ether oxygens (including phenoxy) is 2. The lowest BCUT2D eigenvalue weighted by atomic mass is 10.0. The van der Waals surface area contributed by atoms with E-state index < -0.39 is 5.60 Å². The molecule has 6 nitrogen and oxygen atoms in total. The van der Waals surface area contributed by atoms with E-state index in [-0.39, 0.29) is 18.7 Å². The summed E-state index contributed by atoms with van der Waals surface area (Å²) in [6, 6.07) is 5.90. The van der Waals surface area contributed by atoms with Crippen molar-refractivity contribution in [2.24, 2.45) is 0 Å². The minimum Gasteiger partial charge on any atom is -0.490 e. The molecule has 1 amide bonds. The summed E-state index contributed by atoms with van der Waals surface area (Å²) in [6.45, 7) is 6.52. The highest BCUT2D eigenvalue weighted by Crippen LogP contribution is 2.33. The molecule has 0 bridgehead atoms. The van der Waals surface area contributed by atoms with Crippen LogP contribution in [0, 0.1) is 11.3 Å². The predicted octanol–water partition coefficient (Wildman–Crippen LogP) is 3.27. The van der Waals surface area contributed by atoms with Gasteiger partial charge in [-0.1, -0.05) is 12.1 Å². The van der Waals surface area contributed by atoms with Gasteiger partial charge in [0, 0.05) is 6.54 Å². The number of nitrogens with zero attached hydrogens (tertiary/aromatic N) is 2. The Hall–Kier alpha value is -2.52. The van der Waals surface area contributed by atoms with Gasteiger partial charge in [-0.3, -0.25) is 0 Å². The van der Waals surface area contributed by atoms with Gasteiger partial charge in [0.1, 0.15) is 29.6 Å². The number of carbonyl (C=O) groups is 1. The Bertz CT molecular complexity index is 802. The van der Waals surface area contributed by atoms with Crippen LogP contribution in [0.25, 0.3) is 6.08 Å². The summed E-state index contributed by atoms with van der Waals surface area (Å²) in [5.41, 5.74) is 2.70. The van der Waals surface area contributed by atoms with E-state index in [0.717, 1.165) is 29.5 Å². The predicted molar refractivity (Wildman–Crippen MR) is 101 cm³/mol. The van der Waals surface area contributed by atoms with Crippen molar-refractivity contribution >= 4 is 12.2 Å². The summed E-state index contributed by atoms with van der Waals surface area (Å²) < 4.78 is 11.4. The van der Waals surface area contributed by atoms with Crippen LogP contribution in [0.15, 0.2) is 17.7 Å². The van der Waals surface area contributed by atoms with Gasteiger partial charge >= 0.3 is 6.09 Å². The molecule has 1 aromatic carbocycles. The quantitative estimate of drug-likeness (QED) is 0.879. The number of hydrogen-bond acceptors (Lipinski definition) is 5. The number of hydrogen-bond donors (Lipinski definition) is 1. The van der Waals surface area contributed by atoms with Crippen molar-refractivity contribution in [3.05, 3.63) is 34.4 Å². The zero-order chi connectivity index (χ0) is 19.6. The molecule has 0 spiro atoms. The summed E-state index contributed by atoms with van der Waals surface area (Å²) in [5, 5.41) is 18.9. The third-order valence-corrected chi connectivity index (χ3v) is 4.81. The maximum absolute atomic E-state index is 12.4. The molecule has 1 N–H and O–H groups in total. The van der Waals surface area contributed by atoms with Crippen LogP contribution in [0.3, 0.4) is 0 Å². The van der Waals surface area contributed by atoms with E-state index in [1.165, 1.54) is 0 Å². The topological polar surface area (TPSA) is 82.8 Å². The number of fused-ring (bicyclic) bond motifs is 1. The van der Waals surface area contributed by atoms with Gasteiger partial charge in [-0.15, -0.1) is 0 Å². The zero-order valence-corrected chi connectivity index (χ0v) is 16.1. The zero-order valence-electron chi connectivity index (χ0n) is 16.1. The highest BCUT2D eigenvalue weighted by molar-refractivity contribution is 5.72. The van der Waals surface area contributed by atoms with Crippen molar-refractivity contribution in [2.75, 3.05) is 19.8 Å². The maximum atomic E-state index is 12.4. The number of amides is 1. The Morgan fingerprint density at radius 2 is 2.19 bits per heavy atom. The van der Waals surface area contributed by atoms with Crippen molar-refractivity contribution in [3.8, 4) is 11.8 Å². The van der Waals surface area contributed by atoms with Gasteiger partial charge in [-0.05, 0) is 62.8 Å². The number of likely N-dealkylation sites (tertiary alicyclic amines) is 1. The number of benzene rings is 1. The molecular formula is C21H26N2O4. The monoisotopic (exact) mass is 370 g/mol. The molecule has 2 aliphatic rings. The van der Waals surface area contributed by atoms with Crippen molar-refractivity contribution in [1.82, 2.24) is 4.90 Å². The first kappa shape index (κ1) is 19.2. The first-order chi connectivity index (χ1) is 12.8. The number of carbonyl (C=O) groups excluding carboxylic acids is 1. The molecule has 1 unspecified atom stereocenters. The molecule has 1 aliphatic heterocycles. The van der Waals surface area contributed by atoms with Crippen LogP contribution in [0.2, 0.25) is 0 Å². The summed E-state index contributed by atoms with van der Waals surface area (Å²) in [4.78, 5) is 14.1. The fourth-order valence-electron chi connectivity index (χ4n) is 3.55. The van der Waals surface area contributed by atoms with Crippen LogP contribution in [-0.4, -0.2) is 47.5 Å². The second-order valence-corrected chi connectivity index (χ2v) is 8.04. The molecule has 0 saturated carbocycles. The normalized spacial score (nSPS) is 18.7. The minimum absolute atomic E-state index is 0.0112. The van der Waals surface area contributed by atoms with E-state index in [9.17, 15) is 15.2 Å². The van der Waals surface area contributed by atoms with Crippen LogP contribution >= 0.6 is 0 Å². The summed E-state index contributed by atoms with van der Waals surface area (Å²) in [5.74, 6) is 0.516. The molecule has 1 saturated heterocycles. The van der Waals surface area contributed by atoms with Crippen LogP contribution in [0.4, 0.5) is 4.79 Å². The Kier molecular flexibility index (Phi) is 5.43. The summed E-state index contributed by atoms with van der Waals surface area (Å²) >= 11 is 0. The second kappa shape index (κ2) is 7.61. The number of aliphatic hydroxyl groups excluding tert-OH is 1.